The minimum Gasteiger partial charge on any atom is -0.504 e. The Bertz CT molecular complexity index is 885. The number of nitrogens with zero attached hydrogens (tertiary/aromatic N) is 1. The van der Waals surface area contributed by atoms with E-state index in [2.05, 4.69) is 22.5 Å². The van der Waals surface area contributed by atoms with Crippen LogP contribution in [-0.4, -0.2) is 75.5 Å². The zero-order valence-corrected chi connectivity index (χ0v) is 21.5. The van der Waals surface area contributed by atoms with E-state index < -0.39 is 0 Å². The Morgan fingerprint density at radius 2 is 1.85 bits per heavy atom. The number of ketones is 1. The Kier molecular flexibility index (Phi) is 11.5. The summed E-state index contributed by atoms with van der Waals surface area (Å²) in [5.74, 6) is -0.296. The maximum Gasteiger partial charge on any atom is 0.279 e. The van der Waals surface area contributed by atoms with Crippen molar-refractivity contribution in [3.8, 4) is 0 Å². The zero-order chi connectivity index (χ0) is 25.0. The van der Waals surface area contributed by atoms with Crippen LogP contribution < -0.4 is 16.0 Å². The highest BCUT2D eigenvalue weighted by Crippen LogP contribution is 2.28. The highest BCUT2D eigenvalue weighted by atomic mass is 32.1. The molecule has 0 bridgehead atoms. The number of anilines is 1. The third-order valence-electron chi connectivity index (χ3n) is 5.98. The van der Waals surface area contributed by atoms with Gasteiger partial charge in [0, 0.05) is 19.5 Å². The smallest absolute Gasteiger partial charge is 0.279 e. The molecule has 1 aromatic heterocycles. The molecular formula is C25H39N4O4S+. The fourth-order valence-electron chi connectivity index (χ4n) is 4.27. The van der Waals surface area contributed by atoms with Crippen LogP contribution in [0.4, 0.5) is 5.69 Å². The molecule has 0 aromatic carbocycles. The number of ether oxygens (including phenoxy) is 1. The number of hydrogen-bond donors (Lipinski definition) is 3. The van der Waals surface area contributed by atoms with E-state index in [1.807, 2.05) is 19.4 Å². The number of carbonyl (C=O) groups is 3. The number of allylic oxidation sites excluding steroid dienone is 2. The molecule has 2 amide bonds. The number of likely N-dealkylation sites (N-methyl/N-ethyl adjacent to an activating group) is 1. The number of aryl methyl sites for hydroxylation is 1. The molecule has 2 heterocycles. The van der Waals surface area contributed by atoms with Crippen LogP contribution in [0.25, 0.3) is 0 Å². The van der Waals surface area contributed by atoms with E-state index in [9.17, 15) is 14.4 Å². The summed E-state index contributed by atoms with van der Waals surface area (Å²) >= 11 is 1.32. The highest BCUT2D eigenvalue weighted by Gasteiger charge is 2.34. The molecule has 2 rings (SSSR count). The van der Waals surface area contributed by atoms with Crippen LogP contribution in [-0.2, 0) is 14.3 Å². The number of likely N-dealkylation sites (tertiary alicyclic amines) is 1. The molecular weight excluding hydrogens is 452 g/mol. The van der Waals surface area contributed by atoms with Gasteiger partial charge in [-0.05, 0) is 62.2 Å². The molecule has 188 valence electrons. The molecule has 8 nitrogen and oxygen atoms in total. The average Bonchev–Trinajstić information content (AvgIpc) is 2.99. The topological polar surface area (TPSA) is 96.5 Å². The van der Waals surface area contributed by atoms with Crippen molar-refractivity contribution in [1.29, 1.82) is 0 Å². The molecule has 0 atom stereocenters. The summed E-state index contributed by atoms with van der Waals surface area (Å²) < 4.78 is 5.35. The van der Waals surface area contributed by atoms with E-state index in [-0.39, 0.29) is 30.6 Å². The van der Waals surface area contributed by atoms with Gasteiger partial charge in [0.2, 0.25) is 0 Å². The molecule has 1 saturated heterocycles. The molecule has 0 radical (unpaired) electrons. The Balaban J connectivity index is 2.11. The lowest BCUT2D eigenvalue weighted by Gasteiger charge is -2.36. The van der Waals surface area contributed by atoms with E-state index in [0.29, 0.717) is 40.3 Å². The second-order valence-corrected chi connectivity index (χ2v) is 9.84. The van der Waals surface area contributed by atoms with E-state index in [1.165, 1.54) is 17.6 Å². The number of amides is 2. The first-order valence-corrected chi connectivity index (χ1v) is 12.7. The summed E-state index contributed by atoms with van der Waals surface area (Å²) in [6, 6.07) is 0. The van der Waals surface area contributed by atoms with Crippen molar-refractivity contribution in [2.75, 3.05) is 58.7 Å². The van der Waals surface area contributed by atoms with Gasteiger partial charge in [0.15, 0.2) is 12.3 Å². The fraction of sp³-hybridized carbons (Fsp3) is 0.560. The quantitative estimate of drug-likeness (QED) is 0.171. The summed E-state index contributed by atoms with van der Waals surface area (Å²) in [7, 11) is 3.37. The molecule has 34 heavy (non-hydrogen) atoms. The number of Topliss-reactive ketones (excluding diaryl/α,β-unsaturated/α-hetero) is 1. The summed E-state index contributed by atoms with van der Waals surface area (Å²) in [5.41, 5.74) is 2.11. The minimum absolute atomic E-state index is 0.0665. The van der Waals surface area contributed by atoms with Crippen molar-refractivity contribution in [2.24, 2.45) is 0 Å². The number of thiophene rings is 1. The number of quaternary nitrogens is 1. The molecule has 1 aliphatic rings. The highest BCUT2D eigenvalue weighted by molar-refractivity contribution is 7.13. The van der Waals surface area contributed by atoms with Gasteiger partial charge < -0.3 is 25.2 Å². The second kappa shape index (κ2) is 14.0. The predicted molar refractivity (Wildman–Crippen MR) is 137 cm³/mol. The fourth-order valence-corrected chi connectivity index (χ4v) is 5.19. The zero-order valence-electron chi connectivity index (χ0n) is 20.7. The van der Waals surface area contributed by atoms with Crippen molar-refractivity contribution < 1.29 is 23.6 Å². The largest absolute Gasteiger partial charge is 0.504 e. The predicted octanol–water partition coefficient (Wildman–Crippen LogP) is 3.01. The molecule has 9 heteroatoms. The van der Waals surface area contributed by atoms with Gasteiger partial charge in [-0.3, -0.25) is 14.4 Å². The first kappa shape index (κ1) is 27.8. The molecule has 0 spiro atoms. The SMILES string of the molecule is C=C(/C=C\OC)CC(=O)C[N+]1(CC(=O)Nc2c(C)csc2C(=O)NCCNC)CCCCCC1. The van der Waals surface area contributed by atoms with Crippen LogP contribution in [0, 0.1) is 6.92 Å². The van der Waals surface area contributed by atoms with Crippen molar-refractivity contribution in [3.63, 3.8) is 0 Å². The third kappa shape index (κ3) is 8.70. The summed E-state index contributed by atoms with van der Waals surface area (Å²) in [4.78, 5) is 39.2. The van der Waals surface area contributed by atoms with Crippen molar-refractivity contribution in [1.82, 2.24) is 10.6 Å². The van der Waals surface area contributed by atoms with Gasteiger partial charge in [-0.15, -0.1) is 11.3 Å². The number of hydrogen-bond acceptors (Lipinski definition) is 6. The first-order valence-electron chi connectivity index (χ1n) is 11.8. The van der Waals surface area contributed by atoms with E-state index in [1.54, 1.807) is 13.2 Å². The molecule has 0 aliphatic carbocycles. The summed E-state index contributed by atoms with van der Waals surface area (Å²) in [6.07, 6.45) is 7.64. The first-order chi connectivity index (χ1) is 16.3. The molecule has 0 saturated carbocycles. The second-order valence-electron chi connectivity index (χ2n) is 8.96. The van der Waals surface area contributed by atoms with Crippen molar-refractivity contribution >= 4 is 34.6 Å². The van der Waals surface area contributed by atoms with Crippen LogP contribution in [0.5, 0.6) is 0 Å². The van der Waals surface area contributed by atoms with Gasteiger partial charge in [-0.1, -0.05) is 6.58 Å². The standard InChI is InChI=1S/C25H38N4O4S/c1-19(9-14-33-4)15-21(30)16-29(12-7-5-6-8-13-29)17-22(31)28-23-20(2)18-34-24(23)25(32)27-11-10-26-3/h9,14,18,26H,1,5-8,10-13,15-17H2,2-4H3,(H-,27,28,31,32)/p+1/b14-9-. The van der Waals surface area contributed by atoms with Gasteiger partial charge >= 0.3 is 0 Å². The minimum atomic E-state index is -0.194. The van der Waals surface area contributed by atoms with Gasteiger partial charge in [-0.2, -0.15) is 0 Å². The van der Waals surface area contributed by atoms with Crippen molar-refractivity contribution in [3.05, 3.63) is 40.3 Å². The monoisotopic (exact) mass is 491 g/mol. The van der Waals surface area contributed by atoms with Gasteiger partial charge in [0.25, 0.3) is 11.8 Å². The van der Waals surface area contributed by atoms with Crippen LogP contribution in [0.15, 0.2) is 29.9 Å². The van der Waals surface area contributed by atoms with E-state index in [0.717, 1.165) is 44.3 Å². The van der Waals surface area contributed by atoms with E-state index >= 15 is 0 Å². The maximum atomic E-state index is 13.2. The Morgan fingerprint density at radius 3 is 2.50 bits per heavy atom. The van der Waals surface area contributed by atoms with Crippen LogP contribution >= 0.6 is 11.3 Å². The number of nitrogens with one attached hydrogen (secondary N) is 3. The van der Waals surface area contributed by atoms with Gasteiger partial charge in [0.1, 0.15) is 11.4 Å². The average molecular weight is 492 g/mol. The lowest BCUT2D eigenvalue weighted by Crippen LogP contribution is -2.55. The molecule has 1 fully saturated rings. The Morgan fingerprint density at radius 1 is 1.15 bits per heavy atom. The summed E-state index contributed by atoms with van der Waals surface area (Å²) in [6.45, 7) is 9.07. The third-order valence-corrected chi connectivity index (χ3v) is 7.07. The van der Waals surface area contributed by atoms with Gasteiger partial charge in [-0.25, -0.2) is 0 Å². The molecule has 1 aromatic rings. The Hall–Kier alpha value is -2.49. The lowest BCUT2D eigenvalue weighted by atomic mass is 10.1. The van der Waals surface area contributed by atoms with Crippen LogP contribution in [0.1, 0.15) is 47.3 Å². The Labute approximate surface area is 207 Å². The number of carbonyl (C=O) groups excluding carboxylic acids is 3. The van der Waals surface area contributed by atoms with Gasteiger partial charge in [0.05, 0.1) is 32.1 Å². The maximum absolute atomic E-state index is 13.2. The molecule has 3 N–H and O–H groups in total. The summed E-state index contributed by atoms with van der Waals surface area (Å²) in [5, 5.41) is 10.7. The normalized spacial score (nSPS) is 15.5. The molecule has 1 aliphatic heterocycles. The lowest BCUT2D eigenvalue weighted by molar-refractivity contribution is -0.912. The van der Waals surface area contributed by atoms with Crippen LogP contribution in [0.3, 0.4) is 0 Å². The number of rotatable bonds is 13. The molecule has 0 unspecified atom stereocenters. The number of methoxy groups -OCH3 is 1. The van der Waals surface area contributed by atoms with Crippen molar-refractivity contribution in [2.45, 2.75) is 39.0 Å². The van der Waals surface area contributed by atoms with E-state index in [4.69, 9.17) is 4.74 Å². The van der Waals surface area contributed by atoms with Crippen LogP contribution in [0.2, 0.25) is 0 Å².